The van der Waals surface area contributed by atoms with Crippen molar-refractivity contribution in [2.24, 2.45) is 5.41 Å². The van der Waals surface area contributed by atoms with E-state index in [1.54, 1.807) is 0 Å². The number of nitrogens with zero attached hydrogens (tertiary/aromatic N) is 1. The zero-order valence-corrected chi connectivity index (χ0v) is 11.2. The highest BCUT2D eigenvalue weighted by molar-refractivity contribution is 5.81. The first-order chi connectivity index (χ1) is 7.89. The number of benzene rings is 1. The Morgan fingerprint density at radius 2 is 1.94 bits per heavy atom. The molecule has 1 heterocycles. The minimum absolute atomic E-state index is 0.249. The van der Waals surface area contributed by atoms with Gasteiger partial charge in [0.05, 0.1) is 0 Å². The summed E-state index contributed by atoms with van der Waals surface area (Å²) < 4.78 is 0. The molecular weight excluding hydrogens is 210 g/mol. The third-order valence-electron chi connectivity index (χ3n) is 3.37. The van der Waals surface area contributed by atoms with Gasteiger partial charge in [0.1, 0.15) is 0 Å². The topological polar surface area (TPSA) is 20.3 Å². The summed E-state index contributed by atoms with van der Waals surface area (Å²) in [7, 11) is 0. The minimum atomic E-state index is -0.286. The predicted molar refractivity (Wildman–Crippen MR) is 69.7 cm³/mol. The molecule has 0 aliphatic carbocycles. The van der Waals surface area contributed by atoms with E-state index >= 15 is 0 Å². The third kappa shape index (κ3) is 2.36. The van der Waals surface area contributed by atoms with Crippen LogP contribution in [-0.4, -0.2) is 17.4 Å². The van der Waals surface area contributed by atoms with E-state index in [4.69, 9.17) is 0 Å². The summed E-state index contributed by atoms with van der Waals surface area (Å²) in [4.78, 5) is 14.3. The summed E-state index contributed by atoms with van der Waals surface area (Å²) in [5.74, 6) is 0.685. The summed E-state index contributed by atoms with van der Waals surface area (Å²) in [5.41, 5.74) is 2.40. The van der Waals surface area contributed by atoms with Gasteiger partial charge < -0.3 is 4.90 Å². The molecule has 2 rings (SSSR count). The zero-order chi connectivity index (χ0) is 12.6. The van der Waals surface area contributed by atoms with Gasteiger partial charge in [-0.1, -0.05) is 52.0 Å². The molecule has 1 aliphatic heterocycles. The number of carbonyl (C=O) groups excluding carboxylic acids is 1. The van der Waals surface area contributed by atoms with Crippen LogP contribution >= 0.6 is 0 Å². The average Bonchev–Trinajstić information content (AvgIpc) is 2.27. The van der Waals surface area contributed by atoms with Gasteiger partial charge in [-0.3, -0.25) is 4.79 Å². The first-order valence-corrected chi connectivity index (χ1v) is 6.27. The summed E-state index contributed by atoms with van der Waals surface area (Å²) >= 11 is 0. The number of fused-ring (bicyclic) bond motifs is 1. The molecule has 0 saturated heterocycles. The standard InChI is InChI=1S/C15H21NO/c1-11-9-16(14(17)15(2,3)4)10-12-7-5-6-8-13(11)12/h5-8,11H,9-10H2,1-4H3. The molecule has 0 radical (unpaired) electrons. The van der Waals surface area contributed by atoms with E-state index in [-0.39, 0.29) is 11.3 Å². The largest absolute Gasteiger partial charge is 0.337 e. The molecule has 17 heavy (non-hydrogen) atoms. The predicted octanol–water partition coefficient (Wildman–Crippen LogP) is 3.18. The molecule has 0 saturated carbocycles. The highest BCUT2D eigenvalue weighted by atomic mass is 16.2. The van der Waals surface area contributed by atoms with Crippen molar-refractivity contribution in [2.75, 3.05) is 6.54 Å². The minimum Gasteiger partial charge on any atom is -0.337 e. The van der Waals surface area contributed by atoms with Gasteiger partial charge in [0.15, 0.2) is 0 Å². The Kier molecular flexibility index (Phi) is 2.98. The van der Waals surface area contributed by atoms with Gasteiger partial charge in [0.25, 0.3) is 0 Å². The molecule has 92 valence electrons. The molecule has 2 heteroatoms. The fourth-order valence-electron chi connectivity index (χ4n) is 2.49. The molecule has 0 fully saturated rings. The molecule has 1 aromatic carbocycles. The van der Waals surface area contributed by atoms with Gasteiger partial charge in [0.2, 0.25) is 5.91 Å². The molecule has 0 bridgehead atoms. The van der Waals surface area contributed by atoms with Crippen LogP contribution in [0.25, 0.3) is 0 Å². The first kappa shape index (κ1) is 12.2. The van der Waals surface area contributed by atoms with E-state index in [0.717, 1.165) is 13.1 Å². The summed E-state index contributed by atoms with van der Waals surface area (Å²) in [6.07, 6.45) is 0. The van der Waals surface area contributed by atoms with Gasteiger partial charge in [-0.25, -0.2) is 0 Å². The fourth-order valence-corrected chi connectivity index (χ4v) is 2.49. The van der Waals surface area contributed by atoms with Crippen LogP contribution in [0.5, 0.6) is 0 Å². The van der Waals surface area contributed by atoms with Crippen molar-refractivity contribution in [1.82, 2.24) is 4.90 Å². The molecule has 1 aromatic rings. The number of hydrogen-bond acceptors (Lipinski definition) is 1. The van der Waals surface area contributed by atoms with Crippen LogP contribution in [0, 0.1) is 5.41 Å². The highest BCUT2D eigenvalue weighted by Gasteiger charge is 2.31. The van der Waals surface area contributed by atoms with Crippen LogP contribution in [0.3, 0.4) is 0 Å². The molecule has 1 atom stereocenters. The second kappa shape index (κ2) is 4.17. The molecule has 0 spiro atoms. The Bertz CT molecular complexity index is 431. The maximum atomic E-state index is 12.3. The van der Waals surface area contributed by atoms with Crippen LogP contribution in [-0.2, 0) is 11.3 Å². The van der Waals surface area contributed by atoms with E-state index in [1.165, 1.54) is 11.1 Å². The number of amides is 1. The summed E-state index contributed by atoms with van der Waals surface area (Å²) in [6, 6.07) is 8.44. The van der Waals surface area contributed by atoms with Crippen LogP contribution < -0.4 is 0 Å². The van der Waals surface area contributed by atoms with E-state index in [0.29, 0.717) is 5.92 Å². The Morgan fingerprint density at radius 1 is 1.29 bits per heavy atom. The van der Waals surface area contributed by atoms with Crippen molar-refractivity contribution < 1.29 is 4.79 Å². The van der Waals surface area contributed by atoms with Crippen molar-refractivity contribution in [3.05, 3.63) is 35.4 Å². The maximum Gasteiger partial charge on any atom is 0.228 e. The van der Waals surface area contributed by atoms with Gasteiger partial charge in [-0.05, 0) is 17.0 Å². The molecule has 1 amide bonds. The Balaban J connectivity index is 2.26. The van der Waals surface area contributed by atoms with Crippen LogP contribution in [0.15, 0.2) is 24.3 Å². The van der Waals surface area contributed by atoms with E-state index in [1.807, 2.05) is 25.7 Å². The average molecular weight is 231 g/mol. The van der Waals surface area contributed by atoms with E-state index in [2.05, 4.69) is 31.2 Å². The van der Waals surface area contributed by atoms with Gasteiger partial charge in [0, 0.05) is 18.5 Å². The Hall–Kier alpha value is -1.31. The lowest BCUT2D eigenvalue weighted by molar-refractivity contribution is -0.140. The SMILES string of the molecule is CC1CN(C(=O)C(C)(C)C)Cc2ccccc21. The van der Waals surface area contributed by atoms with Gasteiger partial charge in [-0.2, -0.15) is 0 Å². The lowest BCUT2D eigenvalue weighted by Gasteiger charge is -2.36. The zero-order valence-electron chi connectivity index (χ0n) is 11.2. The van der Waals surface area contributed by atoms with E-state index < -0.39 is 0 Å². The summed E-state index contributed by atoms with van der Waals surface area (Å²) in [6.45, 7) is 9.76. The molecule has 0 aromatic heterocycles. The second-order valence-corrected chi connectivity index (χ2v) is 6.04. The first-order valence-electron chi connectivity index (χ1n) is 6.27. The maximum absolute atomic E-state index is 12.3. The van der Waals surface area contributed by atoms with Crippen LogP contribution in [0.4, 0.5) is 0 Å². The Morgan fingerprint density at radius 3 is 2.59 bits per heavy atom. The van der Waals surface area contributed by atoms with Crippen molar-refractivity contribution in [2.45, 2.75) is 40.2 Å². The molecular formula is C15H21NO. The van der Waals surface area contributed by atoms with Crippen molar-refractivity contribution in [1.29, 1.82) is 0 Å². The van der Waals surface area contributed by atoms with Gasteiger partial charge >= 0.3 is 0 Å². The van der Waals surface area contributed by atoms with Gasteiger partial charge in [-0.15, -0.1) is 0 Å². The number of hydrogen-bond donors (Lipinski definition) is 0. The third-order valence-corrected chi connectivity index (χ3v) is 3.37. The molecule has 1 aliphatic rings. The Labute approximate surface area is 104 Å². The smallest absolute Gasteiger partial charge is 0.228 e. The lowest BCUT2D eigenvalue weighted by Crippen LogP contribution is -2.43. The fraction of sp³-hybridized carbons (Fsp3) is 0.533. The molecule has 0 N–H and O–H groups in total. The highest BCUT2D eigenvalue weighted by Crippen LogP contribution is 2.30. The number of rotatable bonds is 0. The normalized spacial score (nSPS) is 20.0. The monoisotopic (exact) mass is 231 g/mol. The van der Waals surface area contributed by atoms with Crippen molar-refractivity contribution in [3.8, 4) is 0 Å². The molecule has 1 unspecified atom stereocenters. The lowest BCUT2D eigenvalue weighted by atomic mass is 9.88. The second-order valence-electron chi connectivity index (χ2n) is 6.04. The molecule has 2 nitrogen and oxygen atoms in total. The van der Waals surface area contributed by atoms with E-state index in [9.17, 15) is 4.79 Å². The van der Waals surface area contributed by atoms with Crippen molar-refractivity contribution in [3.63, 3.8) is 0 Å². The van der Waals surface area contributed by atoms with Crippen LogP contribution in [0.1, 0.15) is 44.7 Å². The van der Waals surface area contributed by atoms with Crippen LogP contribution in [0.2, 0.25) is 0 Å². The number of carbonyl (C=O) groups is 1. The quantitative estimate of drug-likeness (QED) is 0.671. The summed E-state index contributed by atoms with van der Waals surface area (Å²) in [5, 5.41) is 0. The van der Waals surface area contributed by atoms with Crippen molar-refractivity contribution >= 4 is 5.91 Å².